The van der Waals surface area contributed by atoms with Gasteiger partial charge in [0.2, 0.25) is 5.91 Å². The predicted molar refractivity (Wildman–Crippen MR) is 91.2 cm³/mol. The van der Waals surface area contributed by atoms with Crippen LogP contribution in [0.25, 0.3) is 0 Å². The van der Waals surface area contributed by atoms with Gasteiger partial charge >= 0.3 is 5.97 Å². The van der Waals surface area contributed by atoms with Crippen LogP contribution in [0, 0.1) is 6.92 Å². The van der Waals surface area contributed by atoms with Gasteiger partial charge in [-0.2, -0.15) is 0 Å². The number of aliphatic carboxylic acids is 1. The molecule has 2 rings (SSSR count). The van der Waals surface area contributed by atoms with Crippen LogP contribution in [0.1, 0.15) is 24.8 Å². The van der Waals surface area contributed by atoms with E-state index in [1.165, 1.54) is 4.90 Å². The monoisotopic (exact) mass is 334 g/mol. The zero-order valence-corrected chi connectivity index (χ0v) is 14.4. The maximum Gasteiger partial charge on any atom is 0.323 e. The van der Waals surface area contributed by atoms with E-state index in [9.17, 15) is 9.59 Å². The summed E-state index contributed by atoms with van der Waals surface area (Å²) < 4.78 is 5.80. The Hall–Kier alpha value is -2.08. The number of amides is 1. The summed E-state index contributed by atoms with van der Waals surface area (Å²) in [6.07, 6.45) is 2.54. The number of ether oxygens (including phenoxy) is 1. The minimum Gasteiger partial charge on any atom is -0.492 e. The third-order valence-electron chi connectivity index (χ3n) is 4.41. The summed E-state index contributed by atoms with van der Waals surface area (Å²) in [6.45, 7) is 3.41. The van der Waals surface area contributed by atoms with Gasteiger partial charge in [0.15, 0.2) is 0 Å². The maximum absolute atomic E-state index is 12.6. The Bertz CT molecular complexity index is 576. The number of hydrogen-bond donors (Lipinski definition) is 1. The molecular formula is C18H26N2O4. The third-order valence-corrected chi connectivity index (χ3v) is 4.41. The number of likely N-dealkylation sites (N-methyl/N-ethyl adjacent to an activating group) is 1. The lowest BCUT2D eigenvalue weighted by Crippen LogP contribution is -2.48. The second-order valence-electron chi connectivity index (χ2n) is 6.26. The van der Waals surface area contributed by atoms with Crippen molar-refractivity contribution < 1.29 is 19.4 Å². The van der Waals surface area contributed by atoms with E-state index in [2.05, 4.69) is 0 Å². The fourth-order valence-corrected chi connectivity index (χ4v) is 2.99. The number of carboxylic acid groups (broad SMARTS) is 1. The molecule has 0 bridgehead atoms. The first-order chi connectivity index (χ1) is 11.5. The van der Waals surface area contributed by atoms with Crippen LogP contribution in [-0.2, 0) is 9.59 Å². The standard InChI is InChI=1S/C18H26N2O4/c1-14-7-3-4-9-16(14)24-12-11-19(2)15-8-5-6-10-20(18(15)23)13-17(21)22/h3-4,7,9,15H,5-6,8,10-13H2,1-2H3,(H,21,22). The number of hydrogen-bond acceptors (Lipinski definition) is 4. The molecule has 1 N–H and O–H groups in total. The van der Waals surface area contributed by atoms with Crippen molar-refractivity contribution in [1.82, 2.24) is 9.80 Å². The Labute approximate surface area is 143 Å². The molecule has 1 heterocycles. The molecule has 6 nitrogen and oxygen atoms in total. The van der Waals surface area contributed by atoms with Gasteiger partial charge in [-0.05, 0) is 44.9 Å². The van der Waals surface area contributed by atoms with Crippen LogP contribution in [0.3, 0.4) is 0 Å². The molecule has 0 spiro atoms. The molecule has 1 aliphatic heterocycles. The van der Waals surface area contributed by atoms with Crippen molar-refractivity contribution in [2.45, 2.75) is 32.2 Å². The van der Waals surface area contributed by atoms with Gasteiger partial charge in [-0.15, -0.1) is 0 Å². The smallest absolute Gasteiger partial charge is 0.323 e. The largest absolute Gasteiger partial charge is 0.492 e. The molecule has 24 heavy (non-hydrogen) atoms. The van der Waals surface area contributed by atoms with Gasteiger partial charge in [0, 0.05) is 13.1 Å². The number of carbonyl (C=O) groups is 2. The average Bonchev–Trinajstić information content (AvgIpc) is 2.71. The van der Waals surface area contributed by atoms with Gasteiger partial charge in [0.05, 0.1) is 6.04 Å². The summed E-state index contributed by atoms with van der Waals surface area (Å²) in [6, 6.07) is 7.56. The number of rotatable bonds is 7. The lowest BCUT2D eigenvalue weighted by molar-refractivity contribution is -0.146. The molecule has 1 amide bonds. The summed E-state index contributed by atoms with van der Waals surface area (Å²) in [5, 5.41) is 8.97. The van der Waals surface area contributed by atoms with Crippen LogP contribution in [0.5, 0.6) is 5.75 Å². The molecule has 0 aromatic heterocycles. The summed E-state index contributed by atoms with van der Waals surface area (Å²) in [5.41, 5.74) is 1.08. The lowest BCUT2D eigenvalue weighted by Gasteiger charge is -2.29. The van der Waals surface area contributed by atoms with E-state index >= 15 is 0 Å². The van der Waals surface area contributed by atoms with Crippen molar-refractivity contribution in [2.24, 2.45) is 0 Å². The summed E-state index contributed by atoms with van der Waals surface area (Å²) in [4.78, 5) is 27.0. The Morgan fingerprint density at radius 3 is 2.83 bits per heavy atom. The fourth-order valence-electron chi connectivity index (χ4n) is 2.99. The molecule has 1 aliphatic rings. The highest BCUT2D eigenvalue weighted by Gasteiger charge is 2.30. The molecular weight excluding hydrogens is 308 g/mol. The van der Waals surface area contributed by atoms with Crippen molar-refractivity contribution in [1.29, 1.82) is 0 Å². The summed E-state index contributed by atoms with van der Waals surface area (Å²) in [7, 11) is 1.90. The zero-order chi connectivity index (χ0) is 17.5. The zero-order valence-electron chi connectivity index (χ0n) is 14.4. The number of benzene rings is 1. The van der Waals surface area contributed by atoms with E-state index in [1.54, 1.807) is 0 Å². The highest BCUT2D eigenvalue weighted by Crippen LogP contribution is 2.18. The molecule has 1 saturated heterocycles. The highest BCUT2D eigenvalue weighted by molar-refractivity contribution is 5.85. The van der Waals surface area contributed by atoms with Crippen LogP contribution >= 0.6 is 0 Å². The molecule has 6 heteroatoms. The topological polar surface area (TPSA) is 70.1 Å². The Kier molecular flexibility index (Phi) is 6.61. The number of para-hydroxylation sites is 1. The van der Waals surface area contributed by atoms with Crippen molar-refractivity contribution in [2.75, 3.05) is 33.3 Å². The van der Waals surface area contributed by atoms with E-state index in [0.717, 1.165) is 30.6 Å². The first-order valence-electron chi connectivity index (χ1n) is 8.38. The second-order valence-corrected chi connectivity index (χ2v) is 6.26. The lowest BCUT2D eigenvalue weighted by atomic mass is 10.1. The van der Waals surface area contributed by atoms with Gasteiger partial charge < -0.3 is 14.7 Å². The van der Waals surface area contributed by atoms with Crippen molar-refractivity contribution >= 4 is 11.9 Å². The first kappa shape index (κ1) is 18.3. The van der Waals surface area contributed by atoms with E-state index in [1.807, 2.05) is 43.1 Å². The van der Waals surface area contributed by atoms with Crippen LogP contribution in [-0.4, -0.2) is 66.1 Å². The van der Waals surface area contributed by atoms with E-state index in [4.69, 9.17) is 9.84 Å². The molecule has 1 atom stereocenters. The van der Waals surface area contributed by atoms with Gasteiger partial charge in [0.1, 0.15) is 18.9 Å². The second kappa shape index (κ2) is 8.68. The SMILES string of the molecule is Cc1ccccc1OCCN(C)C1CCCCN(CC(=O)O)C1=O. The van der Waals surface area contributed by atoms with Gasteiger partial charge in [-0.1, -0.05) is 18.2 Å². The van der Waals surface area contributed by atoms with Gasteiger partial charge in [-0.3, -0.25) is 14.5 Å². The molecule has 0 saturated carbocycles. The first-order valence-corrected chi connectivity index (χ1v) is 8.38. The quantitative estimate of drug-likeness (QED) is 0.823. The fraction of sp³-hybridized carbons (Fsp3) is 0.556. The van der Waals surface area contributed by atoms with E-state index < -0.39 is 5.97 Å². The number of nitrogens with zero attached hydrogens (tertiary/aromatic N) is 2. The Morgan fingerprint density at radius 1 is 1.38 bits per heavy atom. The maximum atomic E-state index is 12.6. The van der Waals surface area contributed by atoms with Crippen molar-refractivity contribution in [3.05, 3.63) is 29.8 Å². The highest BCUT2D eigenvalue weighted by atomic mass is 16.5. The number of carboxylic acids is 1. The van der Waals surface area contributed by atoms with Crippen molar-refractivity contribution in [3.63, 3.8) is 0 Å². The summed E-state index contributed by atoms with van der Waals surface area (Å²) >= 11 is 0. The van der Waals surface area contributed by atoms with E-state index in [0.29, 0.717) is 19.7 Å². The Morgan fingerprint density at radius 2 is 2.12 bits per heavy atom. The molecule has 1 aromatic carbocycles. The minimum absolute atomic E-state index is 0.0895. The Balaban J connectivity index is 1.90. The molecule has 1 fully saturated rings. The van der Waals surface area contributed by atoms with Crippen molar-refractivity contribution in [3.8, 4) is 5.75 Å². The van der Waals surface area contributed by atoms with Crippen LogP contribution < -0.4 is 4.74 Å². The average molecular weight is 334 g/mol. The summed E-state index contributed by atoms with van der Waals surface area (Å²) in [5.74, 6) is -0.201. The third kappa shape index (κ3) is 4.96. The minimum atomic E-state index is -0.963. The predicted octanol–water partition coefficient (Wildman–Crippen LogP) is 1.77. The molecule has 1 aromatic rings. The van der Waals surface area contributed by atoms with Gasteiger partial charge in [0.25, 0.3) is 0 Å². The van der Waals surface area contributed by atoms with Crippen LogP contribution in [0.4, 0.5) is 0 Å². The molecule has 1 unspecified atom stereocenters. The normalized spacial score (nSPS) is 18.5. The van der Waals surface area contributed by atoms with Gasteiger partial charge in [-0.25, -0.2) is 0 Å². The van der Waals surface area contributed by atoms with E-state index in [-0.39, 0.29) is 18.5 Å². The molecule has 0 radical (unpaired) electrons. The van der Waals surface area contributed by atoms with Crippen LogP contribution in [0.15, 0.2) is 24.3 Å². The number of aryl methyl sites for hydroxylation is 1. The number of likely N-dealkylation sites (tertiary alicyclic amines) is 1. The number of carbonyl (C=O) groups excluding carboxylic acids is 1. The van der Waals surface area contributed by atoms with Crippen LogP contribution in [0.2, 0.25) is 0 Å². The molecule has 132 valence electrons. The molecule has 0 aliphatic carbocycles.